The van der Waals surface area contributed by atoms with Gasteiger partial charge in [0.15, 0.2) is 0 Å². The van der Waals surface area contributed by atoms with Gasteiger partial charge in [-0.3, -0.25) is 0 Å². The smallest absolute Gasteiger partial charge is 0.0671 e. The van der Waals surface area contributed by atoms with E-state index in [4.69, 9.17) is 16.3 Å². The van der Waals surface area contributed by atoms with E-state index in [0.29, 0.717) is 11.5 Å². The van der Waals surface area contributed by atoms with Crippen molar-refractivity contribution in [3.63, 3.8) is 0 Å². The molecule has 0 radical (unpaired) electrons. The van der Waals surface area contributed by atoms with Crippen LogP contribution in [-0.4, -0.2) is 18.6 Å². The van der Waals surface area contributed by atoms with Crippen LogP contribution >= 0.6 is 11.6 Å². The predicted molar refractivity (Wildman–Crippen MR) is 78.2 cm³/mol. The van der Waals surface area contributed by atoms with Gasteiger partial charge in [0.2, 0.25) is 0 Å². The lowest BCUT2D eigenvalue weighted by atomic mass is 9.72. The Labute approximate surface area is 118 Å². The fraction of sp³-hybridized carbons (Fsp3) is 1.00. The first-order chi connectivity index (χ1) is 8.75. The molecule has 0 bridgehead atoms. The number of unbranched alkanes of at least 4 members (excludes halogenated alkanes) is 1. The van der Waals surface area contributed by atoms with Crippen molar-refractivity contribution in [2.45, 2.75) is 71.3 Å². The first kappa shape index (κ1) is 14.7. The molecular formula is C16H29ClO. The molecule has 1 nitrogen and oxygen atoms in total. The van der Waals surface area contributed by atoms with Crippen LogP contribution in [-0.2, 0) is 4.74 Å². The number of rotatable bonds is 8. The Bertz CT molecular complexity index is 251. The number of hydrogen-bond acceptors (Lipinski definition) is 1. The fourth-order valence-corrected chi connectivity index (χ4v) is 4.07. The molecule has 1 saturated heterocycles. The maximum Gasteiger partial charge on any atom is 0.0671 e. The van der Waals surface area contributed by atoms with E-state index in [9.17, 15) is 0 Å². The molecule has 1 aliphatic carbocycles. The summed E-state index contributed by atoms with van der Waals surface area (Å²) < 4.78 is 6.05. The highest BCUT2D eigenvalue weighted by Gasteiger charge is 2.50. The van der Waals surface area contributed by atoms with Gasteiger partial charge in [0.1, 0.15) is 0 Å². The maximum absolute atomic E-state index is 6.39. The highest BCUT2D eigenvalue weighted by atomic mass is 35.5. The lowest BCUT2D eigenvalue weighted by Gasteiger charge is -2.35. The molecule has 0 spiro atoms. The van der Waals surface area contributed by atoms with Gasteiger partial charge in [-0.1, -0.05) is 39.5 Å². The van der Waals surface area contributed by atoms with Crippen molar-refractivity contribution in [1.29, 1.82) is 0 Å². The topological polar surface area (TPSA) is 9.23 Å². The van der Waals surface area contributed by atoms with E-state index in [1.807, 2.05) is 0 Å². The van der Waals surface area contributed by atoms with Gasteiger partial charge in [0.25, 0.3) is 0 Å². The summed E-state index contributed by atoms with van der Waals surface area (Å²) in [5.74, 6) is 2.48. The summed E-state index contributed by atoms with van der Waals surface area (Å²) in [6.07, 6.45) is 11.1. The second-order valence-electron chi connectivity index (χ2n) is 6.50. The van der Waals surface area contributed by atoms with Gasteiger partial charge in [0, 0.05) is 17.9 Å². The van der Waals surface area contributed by atoms with Crippen molar-refractivity contribution < 1.29 is 4.74 Å². The molecule has 0 aromatic rings. The number of ether oxygens (including phenoxy) is 1. The van der Waals surface area contributed by atoms with Crippen LogP contribution < -0.4 is 0 Å². The van der Waals surface area contributed by atoms with Crippen LogP contribution in [0.5, 0.6) is 0 Å². The lowest BCUT2D eigenvalue weighted by Crippen LogP contribution is -2.36. The first-order valence-electron chi connectivity index (χ1n) is 7.93. The third-order valence-corrected chi connectivity index (χ3v) is 5.59. The summed E-state index contributed by atoms with van der Waals surface area (Å²) in [7, 11) is 0. The van der Waals surface area contributed by atoms with Gasteiger partial charge >= 0.3 is 0 Å². The molecule has 0 aromatic carbocycles. The molecule has 18 heavy (non-hydrogen) atoms. The maximum atomic E-state index is 6.39. The molecule has 1 aliphatic heterocycles. The van der Waals surface area contributed by atoms with Crippen LogP contribution in [0.3, 0.4) is 0 Å². The minimum atomic E-state index is 0.303. The lowest BCUT2D eigenvalue weighted by molar-refractivity contribution is 0.0280. The van der Waals surface area contributed by atoms with Gasteiger partial charge < -0.3 is 4.74 Å². The molecule has 2 heteroatoms. The van der Waals surface area contributed by atoms with Crippen molar-refractivity contribution in [1.82, 2.24) is 0 Å². The minimum Gasteiger partial charge on any atom is -0.377 e. The van der Waals surface area contributed by atoms with E-state index >= 15 is 0 Å². The highest BCUT2D eigenvalue weighted by Crippen LogP contribution is 2.51. The molecule has 2 aliphatic rings. The number of alkyl halides is 1. The average Bonchev–Trinajstić information content (AvgIpc) is 3.16. The summed E-state index contributed by atoms with van der Waals surface area (Å²) in [5, 5.41) is 0. The van der Waals surface area contributed by atoms with Crippen molar-refractivity contribution >= 4 is 11.6 Å². The van der Waals surface area contributed by atoms with Crippen LogP contribution in [0.4, 0.5) is 0 Å². The van der Waals surface area contributed by atoms with E-state index in [0.717, 1.165) is 24.3 Å². The van der Waals surface area contributed by atoms with Crippen molar-refractivity contribution in [2.75, 3.05) is 12.5 Å². The molecule has 0 aromatic heterocycles. The van der Waals surface area contributed by atoms with E-state index in [2.05, 4.69) is 13.8 Å². The van der Waals surface area contributed by atoms with E-state index < -0.39 is 0 Å². The zero-order valence-corrected chi connectivity index (χ0v) is 12.8. The van der Waals surface area contributed by atoms with Crippen molar-refractivity contribution in [3.8, 4) is 0 Å². The fourth-order valence-electron chi connectivity index (χ4n) is 3.68. The Morgan fingerprint density at radius 3 is 2.67 bits per heavy atom. The number of hydrogen-bond donors (Lipinski definition) is 0. The van der Waals surface area contributed by atoms with Crippen LogP contribution in [0.1, 0.15) is 65.2 Å². The van der Waals surface area contributed by atoms with Gasteiger partial charge in [-0.15, -0.1) is 11.6 Å². The summed E-state index contributed by atoms with van der Waals surface area (Å²) in [6, 6.07) is 0. The zero-order valence-electron chi connectivity index (χ0n) is 12.1. The second kappa shape index (κ2) is 6.61. The molecule has 2 rings (SSSR count). The highest BCUT2D eigenvalue weighted by molar-refractivity contribution is 6.18. The van der Waals surface area contributed by atoms with E-state index in [1.54, 1.807) is 0 Å². The molecule has 2 fully saturated rings. The second-order valence-corrected chi connectivity index (χ2v) is 6.76. The molecule has 3 atom stereocenters. The molecule has 0 amide bonds. The summed E-state index contributed by atoms with van der Waals surface area (Å²) in [5.41, 5.74) is 0.303. The average molecular weight is 273 g/mol. The van der Waals surface area contributed by atoms with Crippen LogP contribution in [0.2, 0.25) is 0 Å². The Hall–Kier alpha value is 0.250. The van der Waals surface area contributed by atoms with Crippen LogP contribution in [0.15, 0.2) is 0 Å². The predicted octanol–water partition coefficient (Wildman–Crippen LogP) is 5.02. The molecule has 1 heterocycles. The molecular weight excluding hydrogens is 244 g/mol. The van der Waals surface area contributed by atoms with Gasteiger partial charge in [-0.05, 0) is 37.5 Å². The monoisotopic (exact) mass is 272 g/mol. The minimum absolute atomic E-state index is 0.303. The van der Waals surface area contributed by atoms with Gasteiger partial charge in [-0.25, -0.2) is 0 Å². The molecule has 0 N–H and O–H groups in total. The summed E-state index contributed by atoms with van der Waals surface area (Å²) >= 11 is 6.39. The van der Waals surface area contributed by atoms with Crippen molar-refractivity contribution in [2.24, 2.45) is 17.3 Å². The summed E-state index contributed by atoms with van der Waals surface area (Å²) in [4.78, 5) is 0. The van der Waals surface area contributed by atoms with Crippen LogP contribution in [0, 0.1) is 17.3 Å². The Morgan fingerprint density at radius 1 is 1.33 bits per heavy atom. The molecule has 1 saturated carbocycles. The largest absolute Gasteiger partial charge is 0.377 e. The number of halogens is 1. The Morgan fingerprint density at radius 2 is 2.11 bits per heavy atom. The van der Waals surface area contributed by atoms with E-state index in [-0.39, 0.29) is 0 Å². The quantitative estimate of drug-likeness (QED) is 0.564. The third-order valence-electron chi connectivity index (χ3n) is 5.06. The van der Waals surface area contributed by atoms with Gasteiger partial charge in [-0.2, -0.15) is 0 Å². The summed E-state index contributed by atoms with van der Waals surface area (Å²) in [6.45, 7) is 5.57. The molecule has 106 valence electrons. The zero-order chi connectivity index (χ0) is 13.0. The van der Waals surface area contributed by atoms with E-state index in [1.165, 1.54) is 51.4 Å². The Balaban J connectivity index is 1.97. The third kappa shape index (κ3) is 3.22. The first-order valence-corrected chi connectivity index (χ1v) is 8.46. The Kier molecular flexibility index (Phi) is 5.38. The normalized spacial score (nSPS) is 33.8. The SMILES string of the molecule is CCCCC(CC)CC1(CCl)CCOC1C1CC1. The van der Waals surface area contributed by atoms with Crippen molar-refractivity contribution in [3.05, 3.63) is 0 Å². The van der Waals surface area contributed by atoms with Crippen LogP contribution in [0.25, 0.3) is 0 Å². The van der Waals surface area contributed by atoms with Gasteiger partial charge in [0.05, 0.1) is 6.10 Å². The molecule has 3 unspecified atom stereocenters. The standard InChI is InChI=1S/C16H29ClO/c1-3-5-6-13(4-2)11-16(12-17)9-10-18-15(16)14-7-8-14/h13-15H,3-12H2,1-2H3.